The van der Waals surface area contributed by atoms with Crippen LogP contribution in [-0.2, 0) is 14.8 Å². The molecular weight excluding hydrogens is 280 g/mol. The standard InChI is InChI=1S/C12H18N4O3S/c1-8-10(16-4-2-12(17)15-3-5-16)6-9(13)7-11(8)20(14,18)19/h6-7H,2-5,13H2,1H3,(H,15,17)(H2,14,18,19). The number of anilines is 2. The summed E-state index contributed by atoms with van der Waals surface area (Å²) in [6.45, 7) is 3.31. The van der Waals surface area contributed by atoms with Gasteiger partial charge in [-0.25, -0.2) is 13.6 Å². The van der Waals surface area contributed by atoms with Gasteiger partial charge in [0.1, 0.15) is 0 Å². The number of sulfonamides is 1. The number of hydrogen-bond acceptors (Lipinski definition) is 5. The molecule has 0 unspecified atom stereocenters. The molecule has 1 aromatic rings. The fraction of sp³-hybridized carbons (Fsp3) is 0.417. The molecule has 1 heterocycles. The molecule has 110 valence electrons. The average molecular weight is 298 g/mol. The Hall–Kier alpha value is -1.80. The zero-order valence-corrected chi connectivity index (χ0v) is 12.0. The highest BCUT2D eigenvalue weighted by Crippen LogP contribution is 2.29. The Kier molecular flexibility index (Phi) is 3.87. The van der Waals surface area contributed by atoms with E-state index in [9.17, 15) is 13.2 Å². The van der Waals surface area contributed by atoms with Gasteiger partial charge in [0.05, 0.1) is 4.90 Å². The van der Waals surface area contributed by atoms with E-state index in [4.69, 9.17) is 10.9 Å². The van der Waals surface area contributed by atoms with Crippen molar-refractivity contribution in [2.75, 3.05) is 30.3 Å². The smallest absolute Gasteiger partial charge is 0.238 e. The van der Waals surface area contributed by atoms with Crippen LogP contribution in [0.4, 0.5) is 11.4 Å². The molecule has 0 radical (unpaired) electrons. The van der Waals surface area contributed by atoms with E-state index >= 15 is 0 Å². The summed E-state index contributed by atoms with van der Waals surface area (Å²) in [6, 6.07) is 3.06. The minimum atomic E-state index is -3.83. The molecule has 1 fully saturated rings. The van der Waals surface area contributed by atoms with E-state index in [0.717, 1.165) is 0 Å². The highest BCUT2D eigenvalue weighted by atomic mass is 32.2. The number of rotatable bonds is 2. The number of carbonyl (C=O) groups is 1. The Morgan fingerprint density at radius 2 is 2.00 bits per heavy atom. The third kappa shape index (κ3) is 3.02. The maximum absolute atomic E-state index is 11.6. The first-order valence-corrected chi connectivity index (χ1v) is 7.78. The van der Waals surface area contributed by atoms with Crippen LogP contribution in [0.2, 0.25) is 0 Å². The first-order chi connectivity index (χ1) is 9.29. The van der Waals surface area contributed by atoms with Crippen LogP contribution in [0.5, 0.6) is 0 Å². The predicted molar refractivity (Wildman–Crippen MR) is 76.8 cm³/mol. The molecule has 1 amide bonds. The van der Waals surface area contributed by atoms with Crippen LogP contribution in [0.15, 0.2) is 17.0 Å². The number of benzene rings is 1. The van der Waals surface area contributed by atoms with Crippen molar-refractivity contribution in [1.29, 1.82) is 0 Å². The molecule has 0 aliphatic carbocycles. The lowest BCUT2D eigenvalue weighted by atomic mass is 10.1. The molecule has 7 nitrogen and oxygen atoms in total. The Labute approximate surface area is 118 Å². The second kappa shape index (κ2) is 5.29. The molecule has 1 saturated heterocycles. The highest BCUT2D eigenvalue weighted by molar-refractivity contribution is 7.89. The summed E-state index contributed by atoms with van der Waals surface area (Å²) in [6.07, 6.45) is 0.360. The van der Waals surface area contributed by atoms with Crippen molar-refractivity contribution < 1.29 is 13.2 Å². The number of nitrogens with zero attached hydrogens (tertiary/aromatic N) is 1. The van der Waals surface area contributed by atoms with E-state index in [1.165, 1.54) is 6.07 Å². The highest BCUT2D eigenvalue weighted by Gasteiger charge is 2.21. The summed E-state index contributed by atoms with van der Waals surface area (Å²) in [7, 11) is -3.83. The van der Waals surface area contributed by atoms with Gasteiger partial charge >= 0.3 is 0 Å². The van der Waals surface area contributed by atoms with Gasteiger partial charge in [-0.2, -0.15) is 0 Å². The third-order valence-corrected chi connectivity index (χ3v) is 4.35. The zero-order valence-electron chi connectivity index (χ0n) is 11.2. The van der Waals surface area contributed by atoms with Crippen molar-refractivity contribution in [2.45, 2.75) is 18.2 Å². The van der Waals surface area contributed by atoms with Crippen molar-refractivity contribution in [3.63, 3.8) is 0 Å². The molecule has 0 bridgehead atoms. The Morgan fingerprint density at radius 1 is 1.30 bits per heavy atom. The molecule has 8 heteroatoms. The molecule has 5 N–H and O–H groups in total. The van der Waals surface area contributed by atoms with E-state index in [2.05, 4.69) is 5.32 Å². The first-order valence-electron chi connectivity index (χ1n) is 6.23. The van der Waals surface area contributed by atoms with E-state index in [1.807, 2.05) is 4.90 Å². The predicted octanol–water partition coefficient (Wildman–Crippen LogP) is -0.449. The quantitative estimate of drug-likeness (QED) is 0.639. The van der Waals surface area contributed by atoms with Gasteiger partial charge in [0.25, 0.3) is 0 Å². The second-order valence-corrected chi connectivity index (χ2v) is 6.33. The summed E-state index contributed by atoms with van der Waals surface area (Å²) >= 11 is 0. The van der Waals surface area contributed by atoms with Crippen molar-refractivity contribution in [3.8, 4) is 0 Å². The number of nitrogens with one attached hydrogen (secondary N) is 1. The van der Waals surface area contributed by atoms with Crippen LogP contribution < -0.4 is 21.1 Å². The van der Waals surface area contributed by atoms with Crippen molar-refractivity contribution in [3.05, 3.63) is 17.7 Å². The number of nitrogen functional groups attached to an aromatic ring is 1. The number of primary sulfonamides is 1. The van der Waals surface area contributed by atoms with Crippen LogP contribution in [0.25, 0.3) is 0 Å². The van der Waals surface area contributed by atoms with Crippen LogP contribution in [0.3, 0.4) is 0 Å². The summed E-state index contributed by atoms with van der Waals surface area (Å²) in [4.78, 5) is 13.3. The topological polar surface area (TPSA) is 119 Å². The van der Waals surface area contributed by atoms with Gasteiger partial charge < -0.3 is 16.0 Å². The molecule has 0 atom stereocenters. The molecule has 1 aliphatic rings. The monoisotopic (exact) mass is 298 g/mol. The summed E-state index contributed by atoms with van der Waals surface area (Å²) in [5.74, 6) is -0.0132. The van der Waals surface area contributed by atoms with Crippen molar-refractivity contribution in [1.82, 2.24) is 5.32 Å². The lowest BCUT2D eigenvalue weighted by Gasteiger charge is -2.25. The van der Waals surface area contributed by atoms with Crippen LogP contribution in [0.1, 0.15) is 12.0 Å². The molecule has 0 saturated carbocycles. The molecule has 2 rings (SSSR count). The Bertz CT molecular complexity index is 642. The van der Waals surface area contributed by atoms with Crippen LogP contribution >= 0.6 is 0 Å². The second-order valence-electron chi connectivity index (χ2n) is 4.80. The summed E-state index contributed by atoms with van der Waals surface area (Å²) in [5.41, 5.74) is 7.35. The number of hydrogen-bond donors (Lipinski definition) is 3. The maximum Gasteiger partial charge on any atom is 0.238 e. The Balaban J connectivity index is 2.46. The fourth-order valence-corrected chi connectivity index (χ4v) is 3.16. The van der Waals surface area contributed by atoms with Gasteiger partial charge in [-0.1, -0.05) is 0 Å². The fourth-order valence-electron chi connectivity index (χ4n) is 2.33. The minimum absolute atomic E-state index is 0.0132. The summed E-state index contributed by atoms with van der Waals surface area (Å²) < 4.78 is 23.2. The number of nitrogens with two attached hydrogens (primary N) is 2. The zero-order chi connectivity index (χ0) is 14.9. The molecular formula is C12H18N4O3S. The normalized spacial score (nSPS) is 16.7. The lowest BCUT2D eigenvalue weighted by Crippen LogP contribution is -2.29. The Morgan fingerprint density at radius 3 is 2.65 bits per heavy atom. The molecule has 0 aromatic heterocycles. The summed E-state index contributed by atoms with van der Waals surface area (Å²) in [5, 5.41) is 7.98. The molecule has 1 aliphatic heterocycles. The lowest BCUT2D eigenvalue weighted by molar-refractivity contribution is -0.120. The van der Waals surface area contributed by atoms with E-state index in [1.54, 1.807) is 13.0 Å². The number of carbonyl (C=O) groups excluding carboxylic acids is 1. The molecule has 1 aromatic carbocycles. The SMILES string of the molecule is Cc1c(N2CCNC(=O)CC2)cc(N)cc1S(N)(=O)=O. The van der Waals surface area contributed by atoms with Gasteiger partial charge in [-0.15, -0.1) is 0 Å². The minimum Gasteiger partial charge on any atom is -0.399 e. The van der Waals surface area contributed by atoms with Gasteiger partial charge in [0, 0.05) is 37.4 Å². The van der Waals surface area contributed by atoms with Crippen molar-refractivity contribution in [2.24, 2.45) is 5.14 Å². The van der Waals surface area contributed by atoms with E-state index in [0.29, 0.717) is 43.0 Å². The van der Waals surface area contributed by atoms with Gasteiger partial charge in [-0.05, 0) is 24.6 Å². The van der Waals surface area contributed by atoms with Gasteiger partial charge in [0.15, 0.2) is 0 Å². The molecule has 0 spiro atoms. The number of amides is 1. The maximum atomic E-state index is 11.6. The third-order valence-electron chi connectivity index (χ3n) is 3.31. The average Bonchev–Trinajstić information content (AvgIpc) is 2.55. The van der Waals surface area contributed by atoms with Crippen LogP contribution in [-0.4, -0.2) is 34.0 Å². The molecule has 20 heavy (non-hydrogen) atoms. The van der Waals surface area contributed by atoms with E-state index < -0.39 is 10.0 Å². The van der Waals surface area contributed by atoms with E-state index in [-0.39, 0.29) is 10.8 Å². The van der Waals surface area contributed by atoms with Gasteiger partial charge in [0.2, 0.25) is 15.9 Å². The largest absolute Gasteiger partial charge is 0.399 e. The van der Waals surface area contributed by atoms with Gasteiger partial charge in [-0.3, -0.25) is 4.79 Å². The van der Waals surface area contributed by atoms with Crippen molar-refractivity contribution >= 4 is 27.3 Å². The van der Waals surface area contributed by atoms with Crippen LogP contribution in [0, 0.1) is 6.92 Å². The first kappa shape index (κ1) is 14.6.